The fourth-order valence-electron chi connectivity index (χ4n) is 0.779. The van der Waals surface area contributed by atoms with Crippen molar-refractivity contribution in [1.82, 2.24) is 0 Å². The molecule has 1 unspecified atom stereocenters. The van der Waals surface area contributed by atoms with Crippen molar-refractivity contribution in [3.05, 3.63) is 17.6 Å². The zero-order chi connectivity index (χ0) is 7.03. The summed E-state index contributed by atoms with van der Waals surface area (Å²) in [5.41, 5.74) is 0. The Kier molecular flexibility index (Phi) is 0.865. The Morgan fingerprint density at radius 2 is 2.40 bits per heavy atom. The SMILES string of the molecule is [O-][N+]12C=CN=C1C=NC=N2. The molecule has 0 spiro atoms. The van der Waals surface area contributed by atoms with Gasteiger partial charge >= 0.3 is 0 Å². The Morgan fingerprint density at radius 1 is 1.50 bits per heavy atom. The van der Waals surface area contributed by atoms with Crippen molar-refractivity contribution in [2.24, 2.45) is 15.1 Å². The number of rotatable bonds is 0. The summed E-state index contributed by atoms with van der Waals surface area (Å²) in [4.78, 5) is 7.42. The van der Waals surface area contributed by atoms with Gasteiger partial charge in [0, 0.05) is 0 Å². The van der Waals surface area contributed by atoms with Crippen LogP contribution in [0.15, 0.2) is 27.5 Å². The van der Waals surface area contributed by atoms with Crippen molar-refractivity contribution in [1.29, 1.82) is 0 Å². The quantitative estimate of drug-likeness (QED) is 0.347. The topological polar surface area (TPSA) is 60.1 Å². The van der Waals surface area contributed by atoms with E-state index in [1.165, 1.54) is 25.0 Å². The molecule has 0 bridgehead atoms. The number of aliphatic imine (C=N–C) groups is 2. The summed E-state index contributed by atoms with van der Waals surface area (Å²) in [6.07, 6.45) is 5.40. The molecule has 0 N–H and O–H groups in total. The lowest BCUT2D eigenvalue weighted by Gasteiger charge is -2.27. The fraction of sp³-hybridized carbons (Fsp3) is 0. The van der Waals surface area contributed by atoms with E-state index in [2.05, 4.69) is 15.1 Å². The molecule has 1 atom stereocenters. The number of hydrogen-bond donors (Lipinski definition) is 0. The zero-order valence-electron chi connectivity index (χ0n) is 5.01. The van der Waals surface area contributed by atoms with Gasteiger partial charge in [0.1, 0.15) is 12.4 Å². The average molecular weight is 136 g/mol. The molecule has 2 aliphatic heterocycles. The third-order valence-electron chi connectivity index (χ3n) is 1.28. The average Bonchev–Trinajstić information content (AvgIpc) is 2.29. The van der Waals surface area contributed by atoms with E-state index in [0.29, 0.717) is 5.84 Å². The zero-order valence-corrected chi connectivity index (χ0v) is 5.01. The van der Waals surface area contributed by atoms with Crippen molar-refractivity contribution in [2.75, 3.05) is 0 Å². The minimum absolute atomic E-state index is 0.308. The largest absolute Gasteiger partial charge is 0.593 e. The number of amidine groups is 1. The standard InChI is InChI=1S/C5H4N4O/c10-9-2-1-7-5(9)3-6-4-8-9/h1-4H. The van der Waals surface area contributed by atoms with Crippen LogP contribution in [0, 0.1) is 5.21 Å². The highest BCUT2D eigenvalue weighted by Gasteiger charge is 2.26. The van der Waals surface area contributed by atoms with Gasteiger partial charge in [-0.25, -0.2) is 4.99 Å². The monoisotopic (exact) mass is 136 g/mol. The smallest absolute Gasteiger partial charge is 0.278 e. The second-order valence-corrected chi connectivity index (χ2v) is 1.92. The molecule has 0 fully saturated rings. The number of fused-ring (bicyclic) bond motifs is 1. The predicted molar refractivity (Wildman–Crippen MR) is 37.2 cm³/mol. The Labute approximate surface area is 56.9 Å². The van der Waals surface area contributed by atoms with Crippen molar-refractivity contribution < 1.29 is 4.76 Å². The van der Waals surface area contributed by atoms with Crippen LogP contribution in [0.3, 0.4) is 0 Å². The molecule has 5 nitrogen and oxygen atoms in total. The highest BCUT2D eigenvalue weighted by Crippen LogP contribution is 2.15. The summed E-state index contributed by atoms with van der Waals surface area (Å²) in [6.45, 7) is 0. The lowest BCUT2D eigenvalue weighted by Crippen LogP contribution is -2.37. The van der Waals surface area contributed by atoms with Gasteiger partial charge in [0.25, 0.3) is 5.84 Å². The van der Waals surface area contributed by atoms with E-state index < -0.39 is 4.76 Å². The van der Waals surface area contributed by atoms with Crippen LogP contribution in [0.4, 0.5) is 0 Å². The van der Waals surface area contributed by atoms with E-state index >= 15 is 0 Å². The Balaban J connectivity index is 2.51. The molecule has 0 radical (unpaired) electrons. The predicted octanol–water partition coefficient (Wildman–Crippen LogP) is 0.212. The van der Waals surface area contributed by atoms with Crippen LogP contribution < -0.4 is 0 Å². The maximum Gasteiger partial charge on any atom is 0.278 e. The molecule has 10 heavy (non-hydrogen) atoms. The van der Waals surface area contributed by atoms with Gasteiger partial charge < -0.3 is 5.21 Å². The van der Waals surface area contributed by atoms with Crippen LogP contribution in [0.25, 0.3) is 0 Å². The van der Waals surface area contributed by atoms with E-state index in [-0.39, 0.29) is 0 Å². The third-order valence-corrected chi connectivity index (χ3v) is 1.28. The minimum atomic E-state index is -0.844. The molecular weight excluding hydrogens is 132 g/mol. The van der Waals surface area contributed by atoms with Crippen LogP contribution in [0.2, 0.25) is 0 Å². The fourth-order valence-corrected chi connectivity index (χ4v) is 0.779. The number of nitrogens with zero attached hydrogens (tertiary/aromatic N) is 4. The van der Waals surface area contributed by atoms with E-state index in [1.807, 2.05) is 0 Å². The van der Waals surface area contributed by atoms with Crippen LogP contribution in [-0.2, 0) is 0 Å². The number of quaternary nitrogens is 1. The normalized spacial score (nSPS) is 34.3. The molecule has 50 valence electrons. The summed E-state index contributed by atoms with van der Waals surface area (Å²) in [7, 11) is 0. The summed E-state index contributed by atoms with van der Waals surface area (Å²) >= 11 is 0. The third kappa shape index (κ3) is 0.554. The second kappa shape index (κ2) is 1.59. The first-order valence-electron chi connectivity index (χ1n) is 2.74. The molecule has 2 aliphatic rings. The van der Waals surface area contributed by atoms with Gasteiger partial charge in [0.15, 0.2) is 6.34 Å². The number of hydroxylamine groups is 2. The molecule has 0 aliphatic carbocycles. The van der Waals surface area contributed by atoms with E-state index in [1.54, 1.807) is 0 Å². The molecule has 0 saturated heterocycles. The highest BCUT2D eigenvalue weighted by molar-refractivity contribution is 6.28. The van der Waals surface area contributed by atoms with E-state index in [9.17, 15) is 5.21 Å². The van der Waals surface area contributed by atoms with Crippen LogP contribution >= 0.6 is 0 Å². The second-order valence-electron chi connectivity index (χ2n) is 1.92. The van der Waals surface area contributed by atoms with Gasteiger partial charge in [-0.3, -0.25) is 0 Å². The van der Waals surface area contributed by atoms with Gasteiger partial charge in [-0.05, 0) is 0 Å². The Bertz CT molecular complexity index is 277. The first-order valence-corrected chi connectivity index (χ1v) is 2.74. The molecule has 5 heteroatoms. The molecule has 0 aromatic heterocycles. The maximum atomic E-state index is 11.3. The van der Waals surface area contributed by atoms with Gasteiger partial charge in [-0.15, -0.1) is 0 Å². The molecule has 2 heterocycles. The summed E-state index contributed by atoms with van der Waals surface area (Å²) in [5, 5.41) is 14.9. The van der Waals surface area contributed by atoms with Crippen LogP contribution in [0.5, 0.6) is 0 Å². The Hall–Kier alpha value is -1.33. The summed E-state index contributed by atoms with van der Waals surface area (Å²) in [5.74, 6) is 0.308. The van der Waals surface area contributed by atoms with Crippen molar-refractivity contribution in [2.45, 2.75) is 0 Å². The Morgan fingerprint density at radius 3 is 3.20 bits per heavy atom. The lowest BCUT2D eigenvalue weighted by molar-refractivity contribution is -0.734. The minimum Gasteiger partial charge on any atom is -0.593 e. The first kappa shape index (κ1) is 5.45. The first-order chi connectivity index (χ1) is 4.81. The number of hydrogen-bond acceptors (Lipinski definition) is 4. The van der Waals surface area contributed by atoms with Gasteiger partial charge in [-0.1, -0.05) is 5.10 Å². The van der Waals surface area contributed by atoms with Crippen molar-refractivity contribution in [3.8, 4) is 0 Å². The highest BCUT2D eigenvalue weighted by atomic mass is 16.6. The molecule has 2 rings (SSSR count). The maximum absolute atomic E-state index is 11.3. The molecule has 0 amide bonds. The van der Waals surface area contributed by atoms with E-state index in [0.717, 1.165) is 0 Å². The van der Waals surface area contributed by atoms with Gasteiger partial charge in [0.2, 0.25) is 0 Å². The lowest BCUT2D eigenvalue weighted by atomic mass is 10.6. The molecule has 0 aromatic carbocycles. The van der Waals surface area contributed by atoms with Crippen LogP contribution in [0.1, 0.15) is 0 Å². The van der Waals surface area contributed by atoms with Crippen molar-refractivity contribution >= 4 is 18.4 Å². The summed E-state index contributed by atoms with van der Waals surface area (Å²) in [6, 6.07) is 0. The molecule has 0 aromatic rings. The molecule has 0 saturated carbocycles. The van der Waals surface area contributed by atoms with Gasteiger partial charge in [-0.2, -0.15) is 9.75 Å². The summed E-state index contributed by atoms with van der Waals surface area (Å²) < 4.78 is -0.844. The van der Waals surface area contributed by atoms with E-state index in [4.69, 9.17) is 0 Å². The van der Waals surface area contributed by atoms with Crippen molar-refractivity contribution in [3.63, 3.8) is 0 Å². The van der Waals surface area contributed by atoms with Crippen LogP contribution in [-0.4, -0.2) is 23.1 Å². The molecular formula is C5H4N4O. The van der Waals surface area contributed by atoms with Gasteiger partial charge in [0.05, 0.1) is 6.20 Å².